The van der Waals surface area contributed by atoms with E-state index in [2.05, 4.69) is 4.74 Å². The van der Waals surface area contributed by atoms with Gasteiger partial charge in [-0.2, -0.15) is 26.3 Å². The number of ether oxygens (including phenoxy) is 1. The van der Waals surface area contributed by atoms with Gasteiger partial charge in [0.2, 0.25) is 0 Å². The lowest BCUT2D eigenvalue weighted by molar-refractivity contribution is -0.143. The van der Waals surface area contributed by atoms with Crippen LogP contribution in [0.15, 0.2) is 12.1 Å². The van der Waals surface area contributed by atoms with Crippen molar-refractivity contribution in [2.24, 2.45) is 0 Å². The molecule has 0 saturated carbocycles. The molecule has 0 saturated heterocycles. The summed E-state index contributed by atoms with van der Waals surface area (Å²) in [5.41, 5.74) is -2.96. The monoisotopic (exact) mass is 286 g/mol. The first-order valence-electron chi connectivity index (χ1n) is 5.34. The fourth-order valence-corrected chi connectivity index (χ4v) is 1.79. The molecule has 0 aliphatic rings. The van der Waals surface area contributed by atoms with Gasteiger partial charge in [-0.25, -0.2) is 0 Å². The van der Waals surface area contributed by atoms with E-state index in [-0.39, 0.29) is 11.6 Å². The molecule has 0 spiro atoms. The fourth-order valence-electron chi connectivity index (χ4n) is 1.79. The molecule has 1 rings (SSSR count). The van der Waals surface area contributed by atoms with Gasteiger partial charge in [0.05, 0.1) is 18.2 Å². The lowest BCUT2D eigenvalue weighted by atomic mass is 9.93. The number of alkyl halides is 6. The largest absolute Gasteiger partial charge is 0.496 e. The first-order chi connectivity index (χ1) is 8.48. The third kappa shape index (κ3) is 3.33. The van der Waals surface area contributed by atoms with Crippen LogP contribution in [0.5, 0.6) is 5.75 Å². The number of hydrogen-bond acceptors (Lipinski definition) is 1. The predicted molar refractivity (Wildman–Crippen MR) is 57.1 cm³/mol. The van der Waals surface area contributed by atoms with Crippen molar-refractivity contribution in [3.8, 4) is 5.75 Å². The van der Waals surface area contributed by atoms with E-state index < -0.39 is 35.1 Å². The van der Waals surface area contributed by atoms with Crippen LogP contribution in [-0.2, 0) is 12.4 Å². The Kier molecular flexibility index (Phi) is 4.07. The van der Waals surface area contributed by atoms with Crippen LogP contribution in [0.3, 0.4) is 0 Å². The maximum absolute atomic E-state index is 12.9. The Labute approximate surface area is 106 Å². The molecule has 1 aromatic carbocycles. The average Bonchev–Trinajstić information content (AvgIpc) is 2.24. The number of halogens is 6. The second kappa shape index (κ2) is 4.94. The van der Waals surface area contributed by atoms with Crippen molar-refractivity contribution in [2.45, 2.75) is 32.1 Å². The van der Waals surface area contributed by atoms with E-state index >= 15 is 0 Å². The summed E-state index contributed by atoms with van der Waals surface area (Å²) in [6.45, 7) is 2.92. The van der Waals surface area contributed by atoms with Gasteiger partial charge in [-0.05, 0) is 18.1 Å². The van der Waals surface area contributed by atoms with Crippen LogP contribution in [0.1, 0.15) is 36.5 Å². The Morgan fingerprint density at radius 1 is 0.947 bits per heavy atom. The summed E-state index contributed by atoms with van der Waals surface area (Å²) >= 11 is 0. The van der Waals surface area contributed by atoms with Gasteiger partial charge >= 0.3 is 12.4 Å². The summed E-state index contributed by atoms with van der Waals surface area (Å²) in [6, 6.07) is 0.711. The Morgan fingerprint density at radius 3 is 1.79 bits per heavy atom. The Balaban J connectivity index is 3.65. The third-order valence-electron chi connectivity index (χ3n) is 2.57. The molecule has 0 aromatic heterocycles. The van der Waals surface area contributed by atoms with Gasteiger partial charge in [-0.15, -0.1) is 0 Å². The Bertz CT molecular complexity index is 459. The predicted octanol–water partition coefficient (Wildman–Crippen LogP) is 4.86. The van der Waals surface area contributed by atoms with Gasteiger partial charge in [-0.3, -0.25) is 0 Å². The van der Waals surface area contributed by atoms with Crippen molar-refractivity contribution in [3.05, 3.63) is 28.8 Å². The van der Waals surface area contributed by atoms with Gasteiger partial charge in [0.15, 0.2) is 0 Å². The van der Waals surface area contributed by atoms with Crippen LogP contribution < -0.4 is 4.74 Å². The van der Waals surface area contributed by atoms with E-state index in [1.807, 2.05) is 0 Å². The standard InChI is InChI=1S/C12H12F6O/c1-6(2)10-8(12(16,17)18)4-7(11(13,14)15)5-9(10)19-3/h4-6H,1-3H3. The van der Waals surface area contributed by atoms with E-state index in [9.17, 15) is 26.3 Å². The highest BCUT2D eigenvalue weighted by atomic mass is 19.4. The molecule has 0 amide bonds. The van der Waals surface area contributed by atoms with Crippen molar-refractivity contribution < 1.29 is 31.1 Å². The zero-order chi connectivity index (χ0) is 15.0. The van der Waals surface area contributed by atoms with Gasteiger partial charge < -0.3 is 4.74 Å². The molecule has 0 atom stereocenters. The van der Waals surface area contributed by atoms with Crippen LogP contribution in [0.25, 0.3) is 0 Å². The lowest BCUT2D eigenvalue weighted by Gasteiger charge is -2.21. The molecule has 0 fully saturated rings. The molecular formula is C12H12F6O. The number of benzene rings is 1. The second-order valence-corrected chi connectivity index (χ2v) is 4.29. The van der Waals surface area contributed by atoms with Crippen LogP contribution in [0.2, 0.25) is 0 Å². The molecule has 7 heteroatoms. The molecule has 0 heterocycles. The Morgan fingerprint density at radius 2 is 1.47 bits per heavy atom. The lowest BCUT2D eigenvalue weighted by Crippen LogP contribution is -2.15. The molecule has 0 bridgehead atoms. The molecule has 0 radical (unpaired) electrons. The molecule has 0 aliphatic heterocycles. The van der Waals surface area contributed by atoms with Crippen LogP contribution >= 0.6 is 0 Å². The summed E-state index contributed by atoms with van der Waals surface area (Å²) in [5.74, 6) is -1.02. The summed E-state index contributed by atoms with van der Waals surface area (Å²) in [4.78, 5) is 0. The maximum atomic E-state index is 12.9. The summed E-state index contributed by atoms with van der Waals surface area (Å²) < 4.78 is 81.0. The average molecular weight is 286 g/mol. The van der Waals surface area contributed by atoms with E-state index in [0.717, 1.165) is 7.11 Å². The maximum Gasteiger partial charge on any atom is 0.416 e. The van der Waals surface area contributed by atoms with E-state index in [1.165, 1.54) is 13.8 Å². The highest BCUT2D eigenvalue weighted by Gasteiger charge is 2.40. The number of rotatable bonds is 2. The van der Waals surface area contributed by atoms with E-state index in [4.69, 9.17) is 0 Å². The zero-order valence-corrected chi connectivity index (χ0v) is 10.4. The minimum absolute atomic E-state index is 0.123. The summed E-state index contributed by atoms with van der Waals surface area (Å²) in [6.07, 6.45) is -9.73. The zero-order valence-electron chi connectivity index (χ0n) is 10.4. The van der Waals surface area contributed by atoms with Crippen molar-refractivity contribution >= 4 is 0 Å². The topological polar surface area (TPSA) is 9.23 Å². The third-order valence-corrected chi connectivity index (χ3v) is 2.57. The smallest absolute Gasteiger partial charge is 0.416 e. The first-order valence-corrected chi connectivity index (χ1v) is 5.34. The number of hydrogen-bond donors (Lipinski definition) is 0. The van der Waals surface area contributed by atoms with Gasteiger partial charge in [0.25, 0.3) is 0 Å². The van der Waals surface area contributed by atoms with Crippen molar-refractivity contribution in [1.29, 1.82) is 0 Å². The van der Waals surface area contributed by atoms with E-state index in [0.29, 0.717) is 6.07 Å². The van der Waals surface area contributed by atoms with Gasteiger partial charge in [0, 0.05) is 5.56 Å². The van der Waals surface area contributed by atoms with Crippen molar-refractivity contribution in [3.63, 3.8) is 0 Å². The van der Waals surface area contributed by atoms with Gasteiger partial charge in [0.1, 0.15) is 5.75 Å². The molecule has 0 unspecified atom stereocenters. The number of methoxy groups -OCH3 is 1. The normalized spacial score (nSPS) is 12.9. The minimum atomic E-state index is -4.87. The molecule has 19 heavy (non-hydrogen) atoms. The first kappa shape index (κ1) is 15.7. The highest BCUT2D eigenvalue weighted by molar-refractivity contribution is 5.47. The van der Waals surface area contributed by atoms with Gasteiger partial charge in [-0.1, -0.05) is 13.8 Å². The summed E-state index contributed by atoms with van der Waals surface area (Å²) in [5, 5.41) is 0. The van der Waals surface area contributed by atoms with Crippen LogP contribution in [0, 0.1) is 0 Å². The van der Waals surface area contributed by atoms with Crippen LogP contribution in [-0.4, -0.2) is 7.11 Å². The molecule has 0 aliphatic carbocycles. The van der Waals surface area contributed by atoms with Crippen molar-refractivity contribution in [1.82, 2.24) is 0 Å². The molecule has 108 valence electrons. The van der Waals surface area contributed by atoms with E-state index in [1.54, 1.807) is 0 Å². The highest BCUT2D eigenvalue weighted by Crippen LogP contribution is 2.43. The second-order valence-electron chi connectivity index (χ2n) is 4.29. The Hall–Kier alpha value is -1.40. The summed E-state index contributed by atoms with van der Waals surface area (Å²) in [7, 11) is 1.04. The molecule has 1 nitrogen and oxygen atoms in total. The quantitative estimate of drug-likeness (QED) is 0.706. The fraction of sp³-hybridized carbons (Fsp3) is 0.500. The molecule has 1 aromatic rings. The van der Waals surface area contributed by atoms with Crippen LogP contribution in [0.4, 0.5) is 26.3 Å². The molecule has 0 N–H and O–H groups in total. The molecular weight excluding hydrogens is 274 g/mol. The minimum Gasteiger partial charge on any atom is -0.496 e. The SMILES string of the molecule is COc1cc(C(F)(F)F)cc(C(F)(F)F)c1C(C)C. The van der Waals surface area contributed by atoms with Crippen molar-refractivity contribution in [2.75, 3.05) is 7.11 Å².